The van der Waals surface area contributed by atoms with Crippen LogP contribution in [0.1, 0.15) is 37.0 Å². The molecule has 138 valence electrons. The predicted octanol–water partition coefficient (Wildman–Crippen LogP) is 3.50. The molecule has 0 spiro atoms. The summed E-state index contributed by atoms with van der Waals surface area (Å²) >= 11 is 0. The topological polar surface area (TPSA) is 73.2 Å². The Hall–Kier alpha value is -3.13. The van der Waals surface area contributed by atoms with Gasteiger partial charge in [0, 0.05) is 25.1 Å². The summed E-state index contributed by atoms with van der Waals surface area (Å²) in [6.45, 7) is 4.45. The van der Waals surface area contributed by atoms with Gasteiger partial charge in [-0.2, -0.15) is 5.26 Å². The number of nitriles is 1. The van der Waals surface area contributed by atoms with Crippen LogP contribution in [-0.4, -0.2) is 22.8 Å². The summed E-state index contributed by atoms with van der Waals surface area (Å²) in [5.41, 5.74) is 3.35. The molecule has 5 nitrogen and oxygen atoms in total. The maximum absolute atomic E-state index is 13.0. The number of carbonyl (C=O) groups is 2. The van der Waals surface area contributed by atoms with Gasteiger partial charge in [-0.25, -0.2) is 0 Å². The van der Waals surface area contributed by atoms with Gasteiger partial charge < -0.3 is 10.2 Å². The Morgan fingerprint density at radius 3 is 2.44 bits per heavy atom. The molecular formula is C22H23N3O2. The molecule has 1 unspecified atom stereocenters. The summed E-state index contributed by atoms with van der Waals surface area (Å²) < 4.78 is 0. The Balaban J connectivity index is 1.83. The molecule has 3 rings (SSSR count). The van der Waals surface area contributed by atoms with Gasteiger partial charge >= 0.3 is 0 Å². The number of nitrogens with zero attached hydrogens (tertiary/aromatic N) is 2. The van der Waals surface area contributed by atoms with E-state index in [-0.39, 0.29) is 17.7 Å². The van der Waals surface area contributed by atoms with Gasteiger partial charge in [0.1, 0.15) is 6.04 Å². The molecule has 1 aliphatic rings. The van der Waals surface area contributed by atoms with E-state index in [9.17, 15) is 9.59 Å². The van der Waals surface area contributed by atoms with Crippen molar-refractivity contribution in [2.75, 3.05) is 5.32 Å². The molecule has 1 atom stereocenters. The van der Waals surface area contributed by atoms with Crippen molar-refractivity contribution < 1.29 is 9.59 Å². The number of nitrogens with one attached hydrogen (secondary N) is 1. The van der Waals surface area contributed by atoms with Crippen molar-refractivity contribution >= 4 is 17.5 Å². The highest BCUT2D eigenvalue weighted by atomic mass is 16.2. The third kappa shape index (κ3) is 4.35. The van der Waals surface area contributed by atoms with E-state index in [0.717, 1.165) is 11.1 Å². The lowest BCUT2D eigenvalue weighted by molar-refractivity contribution is -0.140. The van der Waals surface area contributed by atoms with E-state index in [1.807, 2.05) is 38.1 Å². The highest BCUT2D eigenvalue weighted by Gasteiger charge is 2.34. The van der Waals surface area contributed by atoms with E-state index in [1.54, 1.807) is 29.2 Å². The summed E-state index contributed by atoms with van der Waals surface area (Å²) in [6, 6.07) is 16.2. The summed E-state index contributed by atoms with van der Waals surface area (Å²) in [6.07, 6.45) is 0.922. The fourth-order valence-electron chi connectivity index (χ4n) is 3.34. The number of amides is 2. The number of hydrogen-bond acceptors (Lipinski definition) is 3. The van der Waals surface area contributed by atoms with Crippen LogP contribution in [0.25, 0.3) is 0 Å². The highest BCUT2D eigenvalue weighted by Crippen LogP contribution is 2.25. The van der Waals surface area contributed by atoms with Crippen LogP contribution in [0.4, 0.5) is 5.69 Å². The first-order chi connectivity index (χ1) is 13.0. The first-order valence-electron chi connectivity index (χ1n) is 9.15. The van der Waals surface area contributed by atoms with E-state index in [1.165, 1.54) is 0 Å². The third-order valence-corrected chi connectivity index (χ3v) is 4.74. The molecule has 27 heavy (non-hydrogen) atoms. The molecular weight excluding hydrogens is 338 g/mol. The maximum Gasteiger partial charge on any atom is 0.247 e. The van der Waals surface area contributed by atoms with Gasteiger partial charge in [-0.1, -0.05) is 38.1 Å². The zero-order chi connectivity index (χ0) is 19.4. The molecule has 0 aliphatic carbocycles. The summed E-state index contributed by atoms with van der Waals surface area (Å²) in [7, 11) is 0. The lowest BCUT2D eigenvalue weighted by atomic mass is 9.92. The second-order valence-electron chi connectivity index (χ2n) is 7.29. The second kappa shape index (κ2) is 8.05. The number of anilines is 1. The van der Waals surface area contributed by atoms with Gasteiger partial charge in [-0.3, -0.25) is 9.59 Å². The Labute approximate surface area is 159 Å². The van der Waals surface area contributed by atoms with Crippen molar-refractivity contribution in [2.24, 2.45) is 5.92 Å². The number of fused-ring (bicyclic) bond motifs is 1. The average Bonchev–Trinajstić information content (AvgIpc) is 2.67. The van der Waals surface area contributed by atoms with Crippen LogP contribution in [0.2, 0.25) is 0 Å². The molecule has 0 bridgehead atoms. The predicted molar refractivity (Wildman–Crippen MR) is 104 cm³/mol. The van der Waals surface area contributed by atoms with Crippen molar-refractivity contribution in [1.82, 2.24) is 4.90 Å². The third-order valence-electron chi connectivity index (χ3n) is 4.74. The smallest absolute Gasteiger partial charge is 0.247 e. The molecule has 0 aromatic heterocycles. The minimum atomic E-state index is -0.540. The molecule has 0 saturated heterocycles. The Bertz CT molecular complexity index is 881. The Kier molecular flexibility index (Phi) is 5.56. The van der Waals surface area contributed by atoms with Crippen LogP contribution in [0.15, 0.2) is 48.5 Å². The van der Waals surface area contributed by atoms with Crippen LogP contribution in [-0.2, 0) is 22.6 Å². The fourth-order valence-corrected chi connectivity index (χ4v) is 3.34. The van der Waals surface area contributed by atoms with Crippen LogP contribution in [0.5, 0.6) is 0 Å². The van der Waals surface area contributed by atoms with Crippen molar-refractivity contribution in [3.05, 3.63) is 65.2 Å². The Morgan fingerprint density at radius 1 is 1.15 bits per heavy atom. The minimum absolute atomic E-state index is 0.000480. The first kappa shape index (κ1) is 18.7. The lowest BCUT2D eigenvalue weighted by Crippen LogP contribution is -2.50. The molecule has 1 aliphatic heterocycles. The van der Waals surface area contributed by atoms with Crippen molar-refractivity contribution in [3.8, 4) is 6.07 Å². The molecule has 0 saturated carbocycles. The largest absolute Gasteiger partial charge is 0.326 e. The standard InChI is InChI=1S/C22H23N3O2/c1-15(2)11-21(26)25-14-18-6-4-3-5-17(18)12-20(25)22(27)24-19-9-7-16(13-23)8-10-19/h3-10,15,20H,11-12,14H2,1-2H3,(H,24,27). The van der Waals surface area contributed by atoms with Crippen molar-refractivity contribution in [3.63, 3.8) is 0 Å². The summed E-state index contributed by atoms with van der Waals surface area (Å²) in [4.78, 5) is 27.4. The molecule has 0 fully saturated rings. The molecule has 2 aromatic rings. The molecule has 2 aromatic carbocycles. The number of hydrogen-bond donors (Lipinski definition) is 1. The van der Waals surface area contributed by atoms with E-state index in [4.69, 9.17) is 5.26 Å². The maximum atomic E-state index is 13.0. The van der Waals surface area contributed by atoms with Gasteiger partial charge in [0.15, 0.2) is 0 Å². The van der Waals surface area contributed by atoms with Gasteiger partial charge in [0.2, 0.25) is 11.8 Å². The van der Waals surface area contributed by atoms with Gasteiger partial charge in [0.05, 0.1) is 11.6 Å². The van der Waals surface area contributed by atoms with E-state index < -0.39 is 6.04 Å². The number of benzene rings is 2. The molecule has 0 radical (unpaired) electrons. The average molecular weight is 361 g/mol. The van der Waals surface area contributed by atoms with Crippen LogP contribution in [0, 0.1) is 17.2 Å². The lowest BCUT2D eigenvalue weighted by Gasteiger charge is -2.36. The second-order valence-corrected chi connectivity index (χ2v) is 7.29. The number of carbonyl (C=O) groups excluding carboxylic acids is 2. The molecule has 5 heteroatoms. The first-order valence-corrected chi connectivity index (χ1v) is 9.15. The molecule has 1 heterocycles. The zero-order valence-corrected chi connectivity index (χ0v) is 15.6. The van der Waals surface area contributed by atoms with Crippen LogP contribution in [0.3, 0.4) is 0 Å². The summed E-state index contributed by atoms with van der Waals surface area (Å²) in [5.74, 6) is 0.0303. The van der Waals surface area contributed by atoms with Gasteiger partial charge in [-0.05, 0) is 41.3 Å². The van der Waals surface area contributed by atoms with E-state index >= 15 is 0 Å². The zero-order valence-electron chi connectivity index (χ0n) is 15.6. The van der Waals surface area contributed by atoms with Crippen molar-refractivity contribution in [1.29, 1.82) is 5.26 Å². The minimum Gasteiger partial charge on any atom is -0.326 e. The quantitative estimate of drug-likeness (QED) is 0.906. The number of rotatable bonds is 4. The molecule has 1 N–H and O–H groups in total. The van der Waals surface area contributed by atoms with Gasteiger partial charge in [-0.15, -0.1) is 0 Å². The van der Waals surface area contributed by atoms with E-state index in [0.29, 0.717) is 30.6 Å². The monoisotopic (exact) mass is 361 g/mol. The van der Waals surface area contributed by atoms with Crippen LogP contribution >= 0.6 is 0 Å². The SMILES string of the molecule is CC(C)CC(=O)N1Cc2ccccc2CC1C(=O)Nc1ccc(C#N)cc1. The highest BCUT2D eigenvalue weighted by molar-refractivity contribution is 5.97. The normalized spacial score (nSPS) is 15.8. The molecule has 2 amide bonds. The van der Waals surface area contributed by atoms with Crippen molar-refractivity contribution in [2.45, 2.75) is 39.3 Å². The Morgan fingerprint density at radius 2 is 1.81 bits per heavy atom. The van der Waals surface area contributed by atoms with Crippen LogP contribution < -0.4 is 5.32 Å². The van der Waals surface area contributed by atoms with Gasteiger partial charge in [0.25, 0.3) is 0 Å². The fraction of sp³-hybridized carbons (Fsp3) is 0.318. The summed E-state index contributed by atoms with van der Waals surface area (Å²) in [5, 5.41) is 11.8. The van der Waals surface area contributed by atoms with E-state index in [2.05, 4.69) is 11.4 Å².